The van der Waals surface area contributed by atoms with E-state index in [1.165, 1.54) is 24.8 Å². The number of rotatable bonds is 0. The average Bonchev–Trinajstić information content (AvgIpc) is 2.84. The fourth-order valence-corrected chi connectivity index (χ4v) is 3.53. The maximum Gasteiger partial charge on any atom is 0.414 e. The zero-order valence-electron chi connectivity index (χ0n) is 12.6. The van der Waals surface area contributed by atoms with E-state index >= 15 is 0 Å². The van der Waals surface area contributed by atoms with Gasteiger partial charge in [-0.3, -0.25) is 4.90 Å². The maximum absolute atomic E-state index is 12.5. The second-order valence-electron chi connectivity index (χ2n) is 6.95. The molecule has 1 aliphatic carbocycles. The molecule has 3 nitrogen and oxygen atoms in total. The lowest BCUT2D eigenvalue weighted by molar-refractivity contribution is 0.0570. The largest absolute Gasteiger partial charge is 0.443 e. The van der Waals surface area contributed by atoms with Crippen molar-refractivity contribution in [3.8, 4) is 0 Å². The van der Waals surface area contributed by atoms with Gasteiger partial charge in [0.2, 0.25) is 0 Å². The molecule has 20 heavy (non-hydrogen) atoms. The smallest absolute Gasteiger partial charge is 0.414 e. The molecule has 1 amide bonds. The molecule has 1 aromatic rings. The summed E-state index contributed by atoms with van der Waals surface area (Å²) in [5.74, 6) is 1.22. The van der Waals surface area contributed by atoms with E-state index in [9.17, 15) is 4.79 Å². The maximum atomic E-state index is 12.5. The van der Waals surface area contributed by atoms with E-state index < -0.39 is 5.60 Å². The highest BCUT2D eigenvalue weighted by atomic mass is 16.6. The van der Waals surface area contributed by atoms with Crippen LogP contribution in [-0.4, -0.2) is 18.2 Å². The monoisotopic (exact) mass is 273 g/mol. The molecule has 1 aliphatic heterocycles. The van der Waals surface area contributed by atoms with Crippen molar-refractivity contribution in [2.45, 2.75) is 51.6 Å². The van der Waals surface area contributed by atoms with Crippen LogP contribution in [0.3, 0.4) is 0 Å². The van der Waals surface area contributed by atoms with Crippen LogP contribution in [0, 0.1) is 5.92 Å². The number of ether oxygens (including phenoxy) is 1. The van der Waals surface area contributed by atoms with Gasteiger partial charge in [-0.2, -0.15) is 0 Å². The number of para-hydroxylation sites is 1. The van der Waals surface area contributed by atoms with Crippen LogP contribution in [0.15, 0.2) is 24.3 Å². The number of hydrogen-bond donors (Lipinski definition) is 0. The molecule has 0 unspecified atom stereocenters. The van der Waals surface area contributed by atoms with E-state index in [0.717, 1.165) is 12.2 Å². The van der Waals surface area contributed by atoms with Gasteiger partial charge in [-0.15, -0.1) is 0 Å². The lowest BCUT2D eigenvalue weighted by Gasteiger charge is -2.37. The summed E-state index contributed by atoms with van der Waals surface area (Å²) in [7, 11) is 0. The Morgan fingerprint density at radius 1 is 1.25 bits per heavy atom. The molecule has 2 atom stereocenters. The summed E-state index contributed by atoms with van der Waals surface area (Å²) in [5.41, 5.74) is 1.93. The lowest BCUT2D eigenvalue weighted by Crippen LogP contribution is -2.43. The van der Waals surface area contributed by atoms with Gasteiger partial charge in [0.15, 0.2) is 0 Å². The van der Waals surface area contributed by atoms with E-state index in [1.54, 1.807) is 0 Å². The Morgan fingerprint density at radius 3 is 2.75 bits per heavy atom. The van der Waals surface area contributed by atoms with Gasteiger partial charge in [-0.05, 0) is 57.1 Å². The molecule has 1 fully saturated rings. The molecule has 108 valence electrons. The molecule has 0 bridgehead atoms. The second-order valence-corrected chi connectivity index (χ2v) is 6.95. The summed E-state index contributed by atoms with van der Waals surface area (Å²) >= 11 is 0. The Hall–Kier alpha value is -1.51. The van der Waals surface area contributed by atoms with Crippen LogP contribution >= 0.6 is 0 Å². The highest BCUT2D eigenvalue weighted by Gasteiger charge is 2.39. The van der Waals surface area contributed by atoms with E-state index in [1.807, 2.05) is 37.8 Å². The number of hydrogen-bond acceptors (Lipinski definition) is 2. The van der Waals surface area contributed by atoms with Crippen LogP contribution in [0.25, 0.3) is 0 Å². The van der Waals surface area contributed by atoms with Crippen molar-refractivity contribution in [3.63, 3.8) is 0 Å². The summed E-state index contributed by atoms with van der Waals surface area (Å²) in [4.78, 5) is 14.3. The molecule has 0 spiro atoms. The zero-order chi connectivity index (χ0) is 14.3. The van der Waals surface area contributed by atoms with Gasteiger partial charge >= 0.3 is 6.09 Å². The van der Waals surface area contributed by atoms with Crippen molar-refractivity contribution in [1.29, 1.82) is 0 Å². The minimum atomic E-state index is -0.446. The standard InChI is InChI=1S/C17H23NO2/c1-17(2,3)20-16(19)18-11-12-7-6-9-13(12)14-8-4-5-10-15(14)18/h4-5,8,10,12-13H,6-7,9,11H2,1-3H3/t12-,13-/m0/s1. The summed E-state index contributed by atoms with van der Waals surface area (Å²) in [5, 5.41) is 0. The Kier molecular flexibility index (Phi) is 3.23. The van der Waals surface area contributed by atoms with Crippen molar-refractivity contribution in [3.05, 3.63) is 29.8 Å². The molecule has 0 N–H and O–H groups in total. The molecular formula is C17H23NO2. The summed E-state index contributed by atoms with van der Waals surface area (Å²) in [6.45, 7) is 6.55. The van der Waals surface area contributed by atoms with Crippen molar-refractivity contribution >= 4 is 11.8 Å². The fourth-order valence-electron chi connectivity index (χ4n) is 3.53. The van der Waals surface area contributed by atoms with Gasteiger partial charge in [0.05, 0.1) is 5.69 Å². The summed E-state index contributed by atoms with van der Waals surface area (Å²) in [6.07, 6.45) is 3.53. The predicted octanol–water partition coefficient (Wildman–Crippen LogP) is 4.33. The third-order valence-electron chi connectivity index (χ3n) is 4.32. The van der Waals surface area contributed by atoms with Crippen LogP contribution in [0.2, 0.25) is 0 Å². The molecule has 0 saturated heterocycles. The van der Waals surface area contributed by atoms with Gasteiger partial charge in [-0.25, -0.2) is 4.79 Å². The molecule has 1 saturated carbocycles. The van der Waals surface area contributed by atoms with Crippen LogP contribution in [-0.2, 0) is 4.74 Å². The van der Waals surface area contributed by atoms with Crippen LogP contribution in [0.4, 0.5) is 10.5 Å². The number of benzene rings is 1. The predicted molar refractivity (Wildman–Crippen MR) is 80.1 cm³/mol. The Labute approximate surface area is 120 Å². The van der Waals surface area contributed by atoms with Crippen LogP contribution in [0.5, 0.6) is 0 Å². The van der Waals surface area contributed by atoms with Gasteiger partial charge in [0.25, 0.3) is 0 Å². The molecule has 0 radical (unpaired) electrons. The minimum absolute atomic E-state index is 0.213. The number of fused-ring (bicyclic) bond motifs is 3. The van der Waals surface area contributed by atoms with Crippen LogP contribution < -0.4 is 4.90 Å². The Morgan fingerprint density at radius 2 is 2.00 bits per heavy atom. The summed E-state index contributed by atoms with van der Waals surface area (Å²) < 4.78 is 5.57. The first-order valence-electron chi connectivity index (χ1n) is 7.55. The van der Waals surface area contributed by atoms with E-state index in [2.05, 4.69) is 12.1 Å². The zero-order valence-corrected chi connectivity index (χ0v) is 12.6. The van der Waals surface area contributed by atoms with Crippen molar-refractivity contribution in [1.82, 2.24) is 0 Å². The Balaban J connectivity index is 1.93. The number of carbonyl (C=O) groups is 1. The SMILES string of the molecule is CC(C)(C)OC(=O)N1C[C@@H]2CCC[C@@H]2c2ccccc21. The van der Waals surface area contributed by atoms with Crippen molar-refractivity contribution in [2.24, 2.45) is 5.92 Å². The highest BCUT2D eigenvalue weighted by molar-refractivity contribution is 5.89. The molecule has 1 aromatic carbocycles. The number of nitrogens with zero attached hydrogens (tertiary/aromatic N) is 1. The average molecular weight is 273 g/mol. The first-order chi connectivity index (χ1) is 9.46. The molecule has 3 rings (SSSR count). The molecule has 0 aromatic heterocycles. The van der Waals surface area contributed by atoms with Crippen LogP contribution in [0.1, 0.15) is 51.5 Å². The number of carbonyl (C=O) groups excluding carboxylic acids is 1. The second kappa shape index (κ2) is 4.80. The first kappa shape index (κ1) is 13.5. The van der Waals surface area contributed by atoms with Gasteiger partial charge < -0.3 is 4.74 Å². The number of anilines is 1. The Bertz CT molecular complexity index is 518. The fraction of sp³-hybridized carbons (Fsp3) is 0.588. The first-order valence-corrected chi connectivity index (χ1v) is 7.55. The molecule has 1 heterocycles. The third kappa shape index (κ3) is 2.41. The van der Waals surface area contributed by atoms with Gasteiger partial charge in [0, 0.05) is 6.54 Å². The van der Waals surface area contributed by atoms with E-state index in [0.29, 0.717) is 11.8 Å². The number of amides is 1. The van der Waals surface area contributed by atoms with Gasteiger partial charge in [0.1, 0.15) is 5.60 Å². The quantitative estimate of drug-likeness (QED) is 0.704. The van der Waals surface area contributed by atoms with E-state index in [4.69, 9.17) is 4.74 Å². The highest BCUT2D eigenvalue weighted by Crippen LogP contribution is 2.47. The molecule has 2 aliphatic rings. The molecular weight excluding hydrogens is 250 g/mol. The van der Waals surface area contributed by atoms with Crippen molar-refractivity contribution < 1.29 is 9.53 Å². The topological polar surface area (TPSA) is 29.5 Å². The van der Waals surface area contributed by atoms with E-state index in [-0.39, 0.29) is 6.09 Å². The lowest BCUT2D eigenvalue weighted by atomic mass is 9.84. The minimum Gasteiger partial charge on any atom is -0.443 e. The normalized spacial score (nSPS) is 25.1. The van der Waals surface area contributed by atoms with Gasteiger partial charge in [-0.1, -0.05) is 24.6 Å². The van der Waals surface area contributed by atoms with Crippen molar-refractivity contribution in [2.75, 3.05) is 11.4 Å². The third-order valence-corrected chi connectivity index (χ3v) is 4.32. The summed E-state index contributed by atoms with van der Waals surface area (Å²) in [6, 6.07) is 8.31. The molecule has 3 heteroatoms.